The Morgan fingerprint density at radius 2 is 2.18 bits per heavy atom. The van der Waals surface area contributed by atoms with Gasteiger partial charge in [-0.1, -0.05) is 6.07 Å². The molecule has 2 heterocycles. The second kappa shape index (κ2) is 11.2. The lowest BCUT2D eigenvalue weighted by atomic mass is 10.0. The summed E-state index contributed by atoms with van der Waals surface area (Å²) in [6.07, 6.45) is 4.08. The predicted octanol–water partition coefficient (Wildman–Crippen LogP) is 2.40. The molecule has 3 rings (SSSR count). The van der Waals surface area contributed by atoms with Crippen molar-refractivity contribution < 1.29 is 13.9 Å². The van der Waals surface area contributed by atoms with E-state index in [1.807, 2.05) is 6.07 Å². The molecule has 1 aromatic carbocycles. The van der Waals surface area contributed by atoms with E-state index < -0.39 is 0 Å². The molecule has 6 nitrogen and oxygen atoms in total. The van der Waals surface area contributed by atoms with Crippen molar-refractivity contribution in [3.05, 3.63) is 30.1 Å². The summed E-state index contributed by atoms with van der Waals surface area (Å²) in [5, 5.41) is 6.87. The van der Waals surface area contributed by atoms with E-state index >= 15 is 0 Å². The first-order valence-corrected chi connectivity index (χ1v) is 10.4. The molecule has 2 saturated heterocycles. The Morgan fingerprint density at radius 1 is 1.32 bits per heavy atom. The van der Waals surface area contributed by atoms with Crippen LogP contribution in [0.3, 0.4) is 0 Å². The summed E-state index contributed by atoms with van der Waals surface area (Å²) in [4.78, 5) is 6.57. The molecular weight excluding hydrogens is 359 g/mol. The summed E-state index contributed by atoms with van der Waals surface area (Å²) in [6, 6.07) is 7.22. The topological polar surface area (TPSA) is 58.1 Å². The smallest absolute Gasteiger partial charge is 0.191 e. The predicted molar refractivity (Wildman–Crippen MR) is 110 cm³/mol. The largest absolute Gasteiger partial charge is 0.381 e. The highest BCUT2D eigenvalue weighted by molar-refractivity contribution is 5.79. The van der Waals surface area contributed by atoms with Gasteiger partial charge < -0.3 is 25.0 Å². The van der Waals surface area contributed by atoms with Crippen molar-refractivity contribution in [3.8, 4) is 0 Å². The number of nitrogens with zero attached hydrogens (tertiary/aromatic N) is 2. The van der Waals surface area contributed by atoms with Gasteiger partial charge in [-0.2, -0.15) is 0 Å². The summed E-state index contributed by atoms with van der Waals surface area (Å²) in [7, 11) is 1.80. The van der Waals surface area contributed by atoms with Crippen LogP contribution in [0.4, 0.5) is 10.1 Å². The third-order valence-corrected chi connectivity index (χ3v) is 5.37. The first-order valence-electron chi connectivity index (χ1n) is 10.4. The zero-order valence-electron chi connectivity index (χ0n) is 16.8. The Morgan fingerprint density at radius 3 is 2.89 bits per heavy atom. The molecule has 1 atom stereocenters. The van der Waals surface area contributed by atoms with Crippen molar-refractivity contribution in [1.82, 2.24) is 10.6 Å². The molecule has 0 bridgehead atoms. The standard InChI is InChI=1S/C21H33FN4O2/c1-23-21(24-9-3-12-27-15-17-8-13-28-16-17)25-19-6-10-26(11-7-19)20-5-2-4-18(22)14-20/h2,4-5,14,17,19H,3,6-13,15-16H2,1H3,(H2,23,24,25). The summed E-state index contributed by atoms with van der Waals surface area (Å²) in [5.41, 5.74) is 0.963. The minimum absolute atomic E-state index is 0.178. The fourth-order valence-electron chi connectivity index (χ4n) is 3.69. The molecule has 28 heavy (non-hydrogen) atoms. The number of nitrogens with one attached hydrogen (secondary N) is 2. The zero-order valence-corrected chi connectivity index (χ0v) is 16.8. The average Bonchev–Trinajstić information content (AvgIpc) is 3.23. The normalized spacial score (nSPS) is 21.1. The van der Waals surface area contributed by atoms with Crippen LogP contribution >= 0.6 is 0 Å². The van der Waals surface area contributed by atoms with Crippen LogP contribution in [0.25, 0.3) is 0 Å². The second-order valence-electron chi connectivity index (χ2n) is 7.54. The van der Waals surface area contributed by atoms with Crippen LogP contribution in [0.5, 0.6) is 0 Å². The third kappa shape index (κ3) is 6.63. The number of halogens is 1. The Kier molecular flexibility index (Phi) is 8.36. The van der Waals surface area contributed by atoms with Gasteiger partial charge in [-0.15, -0.1) is 0 Å². The number of guanidine groups is 1. The summed E-state index contributed by atoms with van der Waals surface area (Å²) < 4.78 is 24.5. The van der Waals surface area contributed by atoms with E-state index in [1.165, 1.54) is 6.07 Å². The van der Waals surface area contributed by atoms with Gasteiger partial charge in [0.05, 0.1) is 13.2 Å². The quantitative estimate of drug-likeness (QED) is 0.404. The maximum atomic E-state index is 13.4. The Hall–Kier alpha value is -1.86. The van der Waals surface area contributed by atoms with E-state index in [-0.39, 0.29) is 5.82 Å². The van der Waals surface area contributed by atoms with E-state index in [0.717, 1.165) is 83.4 Å². The molecule has 0 spiro atoms. The van der Waals surface area contributed by atoms with Crippen LogP contribution in [-0.2, 0) is 9.47 Å². The lowest BCUT2D eigenvalue weighted by Gasteiger charge is -2.34. The number of hydrogen-bond donors (Lipinski definition) is 2. The van der Waals surface area contributed by atoms with Crippen LogP contribution in [0.15, 0.2) is 29.3 Å². The zero-order chi connectivity index (χ0) is 19.6. The van der Waals surface area contributed by atoms with E-state index in [9.17, 15) is 4.39 Å². The molecule has 1 unspecified atom stereocenters. The number of benzene rings is 1. The molecular formula is C21H33FN4O2. The van der Waals surface area contributed by atoms with Gasteiger partial charge in [0, 0.05) is 57.5 Å². The number of ether oxygens (including phenoxy) is 2. The molecule has 2 fully saturated rings. The van der Waals surface area contributed by atoms with Gasteiger partial charge in [-0.05, 0) is 43.9 Å². The molecule has 7 heteroatoms. The number of aliphatic imine (C=N–C) groups is 1. The van der Waals surface area contributed by atoms with Gasteiger partial charge in [0.15, 0.2) is 5.96 Å². The van der Waals surface area contributed by atoms with Crippen molar-refractivity contribution in [3.63, 3.8) is 0 Å². The minimum Gasteiger partial charge on any atom is -0.381 e. The molecule has 0 amide bonds. The van der Waals surface area contributed by atoms with Crippen LogP contribution < -0.4 is 15.5 Å². The average molecular weight is 393 g/mol. The van der Waals surface area contributed by atoms with Crippen LogP contribution in [0.2, 0.25) is 0 Å². The number of anilines is 1. The van der Waals surface area contributed by atoms with Crippen molar-refractivity contribution in [2.45, 2.75) is 31.7 Å². The lowest BCUT2D eigenvalue weighted by Crippen LogP contribution is -2.49. The van der Waals surface area contributed by atoms with Gasteiger partial charge in [0.1, 0.15) is 5.82 Å². The lowest BCUT2D eigenvalue weighted by molar-refractivity contribution is 0.0888. The van der Waals surface area contributed by atoms with Crippen LogP contribution in [-0.4, -0.2) is 65.1 Å². The molecule has 0 saturated carbocycles. The first-order chi connectivity index (χ1) is 13.7. The van der Waals surface area contributed by atoms with Crippen molar-refractivity contribution in [2.24, 2.45) is 10.9 Å². The third-order valence-electron chi connectivity index (χ3n) is 5.37. The van der Waals surface area contributed by atoms with Gasteiger partial charge in [-0.25, -0.2) is 4.39 Å². The highest BCUT2D eigenvalue weighted by Gasteiger charge is 2.20. The molecule has 1 aromatic rings. The maximum Gasteiger partial charge on any atom is 0.191 e. The van der Waals surface area contributed by atoms with E-state index in [1.54, 1.807) is 19.2 Å². The van der Waals surface area contributed by atoms with Gasteiger partial charge in [0.2, 0.25) is 0 Å². The highest BCUT2D eigenvalue weighted by atomic mass is 19.1. The summed E-state index contributed by atoms with van der Waals surface area (Å²) >= 11 is 0. The van der Waals surface area contributed by atoms with Crippen molar-refractivity contribution in [1.29, 1.82) is 0 Å². The minimum atomic E-state index is -0.178. The van der Waals surface area contributed by atoms with E-state index in [0.29, 0.717) is 12.0 Å². The fraction of sp³-hybridized carbons (Fsp3) is 0.667. The monoisotopic (exact) mass is 392 g/mol. The van der Waals surface area contributed by atoms with Crippen LogP contribution in [0.1, 0.15) is 25.7 Å². The molecule has 0 radical (unpaired) electrons. The van der Waals surface area contributed by atoms with Crippen LogP contribution in [0, 0.1) is 11.7 Å². The number of piperidine rings is 1. The second-order valence-corrected chi connectivity index (χ2v) is 7.54. The van der Waals surface area contributed by atoms with Gasteiger partial charge >= 0.3 is 0 Å². The van der Waals surface area contributed by atoms with Crippen molar-refractivity contribution >= 4 is 11.6 Å². The molecule has 2 aliphatic rings. The van der Waals surface area contributed by atoms with Gasteiger partial charge in [-0.3, -0.25) is 4.99 Å². The van der Waals surface area contributed by atoms with Gasteiger partial charge in [0.25, 0.3) is 0 Å². The summed E-state index contributed by atoms with van der Waals surface area (Å²) in [6.45, 7) is 5.94. The SMILES string of the molecule is CN=C(NCCCOCC1CCOC1)NC1CCN(c2cccc(F)c2)CC1. The Labute approximate surface area is 167 Å². The van der Waals surface area contributed by atoms with Crippen molar-refractivity contribution in [2.75, 3.05) is 58.0 Å². The Balaban J connectivity index is 1.28. The molecule has 2 aliphatic heterocycles. The molecule has 0 aromatic heterocycles. The number of rotatable bonds is 8. The van der Waals surface area contributed by atoms with E-state index in [2.05, 4.69) is 20.5 Å². The maximum absolute atomic E-state index is 13.4. The first kappa shape index (κ1) is 20.9. The van der Waals surface area contributed by atoms with E-state index in [4.69, 9.17) is 9.47 Å². The fourth-order valence-corrected chi connectivity index (χ4v) is 3.69. The highest BCUT2D eigenvalue weighted by Crippen LogP contribution is 2.20. The molecule has 0 aliphatic carbocycles. The molecule has 156 valence electrons. The number of hydrogen-bond acceptors (Lipinski definition) is 4. The molecule has 2 N–H and O–H groups in total. The summed E-state index contributed by atoms with van der Waals surface area (Å²) in [5.74, 6) is 1.23. The Bertz CT molecular complexity index is 614.